The summed E-state index contributed by atoms with van der Waals surface area (Å²) < 4.78 is 13.8. The number of anilines is 1. The maximum atomic E-state index is 13.3. The second-order valence-corrected chi connectivity index (χ2v) is 5.14. The highest BCUT2D eigenvalue weighted by molar-refractivity contribution is 9.10. The molecule has 0 spiro atoms. The number of benzene rings is 1. The molecule has 0 aromatic heterocycles. The second-order valence-electron chi connectivity index (χ2n) is 4.29. The molecule has 1 aromatic rings. The van der Waals surface area contributed by atoms with E-state index < -0.39 is 0 Å². The molecule has 0 bridgehead atoms. The van der Waals surface area contributed by atoms with Crippen molar-refractivity contribution >= 4 is 21.6 Å². The fourth-order valence-electron chi connectivity index (χ4n) is 2.16. The van der Waals surface area contributed by atoms with E-state index in [9.17, 15) is 4.39 Å². The summed E-state index contributed by atoms with van der Waals surface area (Å²) in [6.07, 6.45) is 3.74. The van der Waals surface area contributed by atoms with Crippen LogP contribution in [0.4, 0.5) is 10.1 Å². The number of halogens is 2. The zero-order valence-electron chi connectivity index (χ0n) is 8.76. The van der Waals surface area contributed by atoms with Gasteiger partial charge in [0, 0.05) is 11.7 Å². The Labute approximate surface area is 98.2 Å². The molecular weight excluding hydrogens is 257 g/mol. The zero-order chi connectivity index (χ0) is 10.8. The van der Waals surface area contributed by atoms with Gasteiger partial charge in [0.25, 0.3) is 0 Å². The molecule has 0 saturated heterocycles. The lowest BCUT2D eigenvalue weighted by molar-refractivity contribution is 0.555. The lowest BCUT2D eigenvalue weighted by Gasteiger charge is -2.18. The van der Waals surface area contributed by atoms with Crippen LogP contribution < -0.4 is 5.32 Å². The molecule has 1 N–H and O–H groups in total. The summed E-state index contributed by atoms with van der Waals surface area (Å²) in [5, 5.41) is 3.40. The van der Waals surface area contributed by atoms with E-state index in [0.717, 1.165) is 5.69 Å². The third kappa shape index (κ3) is 2.51. The van der Waals surface area contributed by atoms with Gasteiger partial charge in [0.1, 0.15) is 5.82 Å². The third-order valence-corrected chi connectivity index (χ3v) is 3.78. The molecule has 3 heteroatoms. The van der Waals surface area contributed by atoms with Crippen molar-refractivity contribution in [3.63, 3.8) is 0 Å². The molecule has 0 heterocycles. The molecular formula is C12H15BrFN. The fraction of sp³-hybridized carbons (Fsp3) is 0.500. The van der Waals surface area contributed by atoms with Crippen molar-refractivity contribution in [1.82, 2.24) is 0 Å². The van der Waals surface area contributed by atoms with Crippen LogP contribution in [-0.4, -0.2) is 6.04 Å². The standard InChI is InChI=1S/C12H15BrFN/c1-8-3-2-4-12(8)15-9-5-6-10(13)11(14)7-9/h5-8,12,15H,2-4H2,1H3. The van der Waals surface area contributed by atoms with Gasteiger partial charge in [-0.3, -0.25) is 0 Å². The third-order valence-electron chi connectivity index (χ3n) is 3.13. The minimum Gasteiger partial charge on any atom is -0.382 e. The molecule has 82 valence electrons. The molecule has 1 aromatic carbocycles. The van der Waals surface area contributed by atoms with Crippen LogP contribution >= 0.6 is 15.9 Å². The normalized spacial score (nSPS) is 25.5. The van der Waals surface area contributed by atoms with Gasteiger partial charge in [0.2, 0.25) is 0 Å². The van der Waals surface area contributed by atoms with Gasteiger partial charge >= 0.3 is 0 Å². The van der Waals surface area contributed by atoms with Crippen molar-refractivity contribution in [3.05, 3.63) is 28.5 Å². The van der Waals surface area contributed by atoms with Crippen molar-refractivity contribution in [2.45, 2.75) is 32.2 Å². The Bertz CT molecular complexity index is 353. The molecule has 2 atom stereocenters. The van der Waals surface area contributed by atoms with E-state index in [-0.39, 0.29) is 5.82 Å². The maximum absolute atomic E-state index is 13.3. The van der Waals surface area contributed by atoms with E-state index in [1.807, 2.05) is 6.07 Å². The van der Waals surface area contributed by atoms with Gasteiger partial charge in [-0.25, -0.2) is 4.39 Å². The predicted molar refractivity (Wildman–Crippen MR) is 64.5 cm³/mol. The van der Waals surface area contributed by atoms with Crippen LogP contribution in [0.5, 0.6) is 0 Å². The minimum atomic E-state index is -0.203. The second kappa shape index (κ2) is 4.52. The molecule has 1 aliphatic rings. The topological polar surface area (TPSA) is 12.0 Å². The van der Waals surface area contributed by atoms with Crippen LogP contribution in [0, 0.1) is 11.7 Å². The van der Waals surface area contributed by atoms with E-state index in [0.29, 0.717) is 16.4 Å². The van der Waals surface area contributed by atoms with Gasteiger partial charge in [0.15, 0.2) is 0 Å². The highest BCUT2D eigenvalue weighted by Gasteiger charge is 2.22. The molecule has 1 nitrogen and oxygen atoms in total. The first kappa shape index (κ1) is 10.9. The Morgan fingerprint density at radius 3 is 2.80 bits per heavy atom. The molecule has 1 aliphatic carbocycles. The summed E-state index contributed by atoms with van der Waals surface area (Å²) in [5.74, 6) is 0.488. The van der Waals surface area contributed by atoms with Crippen molar-refractivity contribution in [2.75, 3.05) is 5.32 Å². The Morgan fingerprint density at radius 1 is 1.40 bits per heavy atom. The predicted octanol–water partition coefficient (Wildman–Crippen LogP) is 4.19. The number of hydrogen-bond acceptors (Lipinski definition) is 1. The summed E-state index contributed by atoms with van der Waals surface area (Å²) >= 11 is 3.15. The molecule has 2 rings (SSSR count). The van der Waals surface area contributed by atoms with E-state index >= 15 is 0 Å². The quantitative estimate of drug-likeness (QED) is 0.851. The summed E-state index contributed by atoms with van der Waals surface area (Å²) in [5.41, 5.74) is 0.884. The van der Waals surface area contributed by atoms with Crippen LogP contribution in [0.25, 0.3) is 0 Å². The van der Waals surface area contributed by atoms with Gasteiger partial charge in [-0.15, -0.1) is 0 Å². The lowest BCUT2D eigenvalue weighted by Crippen LogP contribution is -2.21. The first-order chi connectivity index (χ1) is 7.16. The average Bonchev–Trinajstić information content (AvgIpc) is 2.59. The lowest BCUT2D eigenvalue weighted by atomic mass is 10.1. The van der Waals surface area contributed by atoms with Gasteiger partial charge in [0.05, 0.1) is 4.47 Å². The molecule has 1 fully saturated rings. The summed E-state index contributed by atoms with van der Waals surface area (Å²) in [6.45, 7) is 2.25. The fourth-order valence-corrected chi connectivity index (χ4v) is 2.41. The first-order valence-electron chi connectivity index (χ1n) is 5.38. The highest BCUT2D eigenvalue weighted by Crippen LogP contribution is 2.29. The molecule has 15 heavy (non-hydrogen) atoms. The number of hydrogen-bond donors (Lipinski definition) is 1. The molecule has 1 saturated carbocycles. The van der Waals surface area contributed by atoms with Crippen molar-refractivity contribution in [2.24, 2.45) is 5.92 Å². The van der Waals surface area contributed by atoms with E-state index in [1.54, 1.807) is 12.1 Å². The SMILES string of the molecule is CC1CCCC1Nc1ccc(Br)c(F)c1. The summed E-state index contributed by atoms with van der Waals surface area (Å²) in [6, 6.07) is 5.72. The monoisotopic (exact) mass is 271 g/mol. The highest BCUT2D eigenvalue weighted by atomic mass is 79.9. The Hall–Kier alpha value is -0.570. The smallest absolute Gasteiger partial charge is 0.139 e. The van der Waals surface area contributed by atoms with Crippen LogP contribution in [-0.2, 0) is 0 Å². The van der Waals surface area contributed by atoms with Crippen molar-refractivity contribution < 1.29 is 4.39 Å². The Morgan fingerprint density at radius 2 is 2.20 bits per heavy atom. The largest absolute Gasteiger partial charge is 0.382 e. The zero-order valence-corrected chi connectivity index (χ0v) is 10.3. The number of rotatable bonds is 2. The van der Waals surface area contributed by atoms with Crippen molar-refractivity contribution in [3.8, 4) is 0 Å². The van der Waals surface area contributed by atoms with Crippen LogP contribution in [0.2, 0.25) is 0 Å². The van der Waals surface area contributed by atoms with Crippen molar-refractivity contribution in [1.29, 1.82) is 0 Å². The van der Waals surface area contributed by atoms with Gasteiger partial charge < -0.3 is 5.32 Å². The maximum Gasteiger partial charge on any atom is 0.139 e. The van der Waals surface area contributed by atoms with Crippen LogP contribution in [0.3, 0.4) is 0 Å². The molecule has 0 amide bonds. The van der Waals surface area contributed by atoms with Gasteiger partial charge in [-0.2, -0.15) is 0 Å². The average molecular weight is 272 g/mol. The Kier molecular flexibility index (Phi) is 3.29. The first-order valence-corrected chi connectivity index (χ1v) is 6.17. The minimum absolute atomic E-state index is 0.203. The van der Waals surface area contributed by atoms with Gasteiger partial charge in [-0.05, 0) is 52.9 Å². The number of nitrogens with one attached hydrogen (secondary N) is 1. The Balaban J connectivity index is 2.07. The summed E-state index contributed by atoms with van der Waals surface area (Å²) in [7, 11) is 0. The molecule has 0 radical (unpaired) electrons. The van der Waals surface area contributed by atoms with E-state index in [4.69, 9.17) is 0 Å². The molecule has 2 unspecified atom stereocenters. The van der Waals surface area contributed by atoms with E-state index in [2.05, 4.69) is 28.2 Å². The summed E-state index contributed by atoms with van der Waals surface area (Å²) in [4.78, 5) is 0. The molecule has 0 aliphatic heterocycles. The van der Waals surface area contributed by atoms with Crippen LogP contribution in [0.15, 0.2) is 22.7 Å². The van der Waals surface area contributed by atoms with E-state index in [1.165, 1.54) is 19.3 Å². The van der Waals surface area contributed by atoms with Gasteiger partial charge in [-0.1, -0.05) is 13.3 Å². The van der Waals surface area contributed by atoms with Crippen LogP contribution in [0.1, 0.15) is 26.2 Å².